The zero-order valence-corrected chi connectivity index (χ0v) is 13.0. The van der Waals surface area contributed by atoms with Crippen LogP contribution in [0.15, 0.2) is 48.2 Å². The Bertz CT molecular complexity index is 915. The van der Waals surface area contributed by atoms with E-state index in [2.05, 4.69) is 26.4 Å². The largest absolute Gasteiger partial charge is 0.264 e. The topological polar surface area (TPSA) is 38.7 Å². The number of rotatable bonds is 2. The molecule has 3 nitrogen and oxygen atoms in total. The molecule has 0 saturated carbocycles. The molecule has 0 spiro atoms. The van der Waals surface area contributed by atoms with Crippen LogP contribution in [0.1, 0.15) is 0 Å². The number of halogens is 1. The summed E-state index contributed by atoms with van der Waals surface area (Å²) in [7, 11) is 0. The first kappa shape index (κ1) is 12.9. The minimum Gasteiger partial charge on any atom is -0.264 e. The number of pyridine rings is 2. The Morgan fingerprint density at radius 2 is 2.05 bits per heavy atom. The average molecular weight is 330 g/mol. The smallest absolute Gasteiger partial charge is 0.150 e. The van der Waals surface area contributed by atoms with Crippen molar-refractivity contribution < 1.29 is 0 Å². The molecule has 0 aliphatic heterocycles. The molecule has 102 valence electrons. The maximum atomic E-state index is 6.34. The molecule has 0 atom stereocenters. The average Bonchev–Trinajstić information content (AvgIpc) is 3.14. The van der Waals surface area contributed by atoms with Crippen LogP contribution >= 0.6 is 34.3 Å². The van der Waals surface area contributed by atoms with Crippen LogP contribution in [0.5, 0.6) is 0 Å². The standard InChI is InChI=1S/C15H8ClN3S2/c16-14-13(12-10-4-7-20-11(10)3-6-18-12)21-15(19-14)9-2-1-5-17-8-9/h1-8H. The summed E-state index contributed by atoms with van der Waals surface area (Å²) in [6.45, 7) is 0. The maximum absolute atomic E-state index is 6.34. The van der Waals surface area contributed by atoms with Crippen molar-refractivity contribution in [3.63, 3.8) is 0 Å². The molecule has 0 saturated heterocycles. The van der Waals surface area contributed by atoms with Crippen LogP contribution < -0.4 is 0 Å². The number of aromatic nitrogens is 3. The third-order valence-electron chi connectivity index (χ3n) is 3.09. The monoisotopic (exact) mass is 329 g/mol. The normalized spacial score (nSPS) is 11.1. The van der Waals surface area contributed by atoms with E-state index in [4.69, 9.17) is 11.6 Å². The van der Waals surface area contributed by atoms with Crippen LogP contribution in [0.2, 0.25) is 5.15 Å². The van der Waals surface area contributed by atoms with E-state index in [0.717, 1.165) is 26.5 Å². The zero-order chi connectivity index (χ0) is 14.2. The van der Waals surface area contributed by atoms with E-state index in [1.807, 2.05) is 24.4 Å². The molecule has 21 heavy (non-hydrogen) atoms. The van der Waals surface area contributed by atoms with Crippen molar-refractivity contribution >= 4 is 44.4 Å². The third kappa shape index (κ3) is 2.23. The van der Waals surface area contributed by atoms with E-state index in [9.17, 15) is 0 Å². The number of nitrogens with zero attached hydrogens (tertiary/aromatic N) is 3. The Morgan fingerprint density at radius 3 is 2.90 bits per heavy atom. The highest BCUT2D eigenvalue weighted by Gasteiger charge is 2.16. The lowest BCUT2D eigenvalue weighted by molar-refractivity contribution is 1.31. The van der Waals surface area contributed by atoms with Gasteiger partial charge in [-0.15, -0.1) is 22.7 Å². The summed E-state index contributed by atoms with van der Waals surface area (Å²) in [5.41, 5.74) is 1.86. The van der Waals surface area contributed by atoms with E-state index >= 15 is 0 Å². The minimum atomic E-state index is 0.491. The number of hydrogen-bond donors (Lipinski definition) is 0. The molecule has 0 aliphatic carbocycles. The van der Waals surface area contributed by atoms with E-state index in [1.165, 1.54) is 4.70 Å². The summed E-state index contributed by atoms with van der Waals surface area (Å²) in [4.78, 5) is 14.0. The number of fused-ring (bicyclic) bond motifs is 1. The van der Waals surface area contributed by atoms with Gasteiger partial charge in [-0.1, -0.05) is 11.6 Å². The lowest BCUT2D eigenvalue weighted by Crippen LogP contribution is -1.80. The predicted octanol–water partition coefficient (Wildman–Crippen LogP) is 5.14. The Labute approximate surface area is 133 Å². The summed E-state index contributed by atoms with van der Waals surface area (Å²) < 4.78 is 1.20. The van der Waals surface area contributed by atoms with Gasteiger partial charge >= 0.3 is 0 Å². The van der Waals surface area contributed by atoms with Crippen LogP contribution in [-0.4, -0.2) is 15.0 Å². The molecule has 6 heteroatoms. The fourth-order valence-electron chi connectivity index (χ4n) is 2.14. The molecule has 0 fully saturated rings. The molecule has 4 aromatic rings. The van der Waals surface area contributed by atoms with Gasteiger partial charge in [0.25, 0.3) is 0 Å². The summed E-state index contributed by atoms with van der Waals surface area (Å²) in [5, 5.41) is 4.53. The fourth-order valence-corrected chi connectivity index (χ4v) is 4.22. The first-order valence-electron chi connectivity index (χ1n) is 6.22. The Balaban J connectivity index is 1.90. The lowest BCUT2D eigenvalue weighted by Gasteiger charge is -1.98. The second-order valence-electron chi connectivity index (χ2n) is 4.37. The van der Waals surface area contributed by atoms with Crippen molar-refractivity contribution in [3.8, 4) is 21.1 Å². The zero-order valence-electron chi connectivity index (χ0n) is 10.7. The van der Waals surface area contributed by atoms with Crippen molar-refractivity contribution in [2.75, 3.05) is 0 Å². The summed E-state index contributed by atoms with van der Waals surface area (Å²) in [5.74, 6) is 0. The minimum absolute atomic E-state index is 0.491. The second-order valence-corrected chi connectivity index (χ2v) is 6.68. The fraction of sp³-hybridized carbons (Fsp3) is 0. The van der Waals surface area contributed by atoms with Crippen molar-refractivity contribution in [3.05, 3.63) is 53.4 Å². The molecule has 0 amide bonds. The van der Waals surface area contributed by atoms with Gasteiger partial charge in [0.1, 0.15) is 10.2 Å². The van der Waals surface area contributed by atoms with Crippen molar-refractivity contribution in [2.24, 2.45) is 0 Å². The van der Waals surface area contributed by atoms with E-state index in [-0.39, 0.29) is 0 Å². The summed E-state index contributed by atoms with van der Waals surface area (Å²) >= 11 is 9.58. The Morgan fingerprint density at radius 1 is 1.10 bits per heavy atom. The highest BCUT2D eigenvalue weighted by atomic mass is 35.5. The van der Waals surface area contributed by atoms with Crippen molar-refractivity contribution in [2.45, 2.75) is 0 Å². The molecule has 4 aromatic heterocycles. The molecule has 0 radical (unpaired) electrons. The van der Waals surface area contributed by atoms with Crippen LogP contribution in [-0.2, 0) is 0 Å². The quantitative estimate of drug-likeness (QED) is 0.511. The van der Waals surface area contributed by atoms with Gasteiger partial charge in [0.05, 0.1) is 10.6 Å². The van der Waals surface area contributed by atoms with Gasteiger partial charge in [-0.05, 0) is 29.6 Å². The van der Waals surface area contributed by atoms with Crippen molar-refractivity contribution in [1.29, 1.82) is 0 Å². The third-order valence-corrected chi connectivity index (χ3v) is 5.47. The highest BCUT2D eigenvalue weighted by Crippen LogP contribution is 2.40. The number of thiazole rings is 1. The molecule has 0 N–H and O–H groups in total. The molecule has 0 aliphatic rings. The molecular weight excluding hydrogens is 322 g/mol. The van der Waals surface area contributed by atoms with Gasteiger partial charge in [0, 0.05) is 34.2 Å². The van der Waals surface area contributed by atoms with Gasteiger partial charge < -0.3 is 0 Å². The summed E-state index contributed by atoms with van der Waals surface area (Å²) in [6.07, 6.45) is 5.35. The van der Waals surface area contributed by atoms with Gasteiger partial charge in [0.2, 0.25) is 0 Å². The van der Waals surface area contributed by atoms with E-state index in [1.54, 1.807) is 35.1 Å². The lowest BCUT2D eigenvalue weighted by atomic mass is 10.2. The predicted molar refractivity (Wildman–Crippen MR) is 89.0 cm³/mol. The molecule has 4 rings (SSSR count). The molecule has 0 unspecified atom stereocenters. The molecule has 4 heterocycles. The molecular formula is C15H8ClN3S2. The van der Waals surface area contributed by atoms with Gasteiger partial charge in [-0.3, -0.25) is 9.97 Å². The van der Waals surface area contributed by atoms with Crippen molar-refractivity contribution in [1.82, 2.24) is 15.0 Å². The van der Waals surface area contributed by atoms with Crippen LogP contribution in [0.4, 0.5) is 0 Å². The van der Waals surface area contributed by atoms with Crippen LogP contribution in [0.3, 0.4) is 0 Å². The molecule has 0 aromatic carbocycles. The van der Waals surface area contributed by atoms with Crippen LogP contribution in [0, 0.1) is 0 Å². The first-order valence-corrected chi connectivity index (χ1v) is 8.29. The van der Waals surface area contributed by atoms with Crippen LogP contribution in [0.25, 0.3) is 31.2 Å². The van der Waals surface area contributed by atoms with E-state index in [0.29, 0.717) is 5.15 Å². The van der Waals surface area contributed by atoms with Gasteiger partial charge in [-0.25, -0.2) is 4.98 Å². The maximum Gasteiger partial charge on any atom is 0.150 e. The second kappa shape index (κ2) is 5.18. The summed E-state index contributed by atoms with van der Waals surface area (Å²) in [6, 6.07) is 7.95. The Hall–Kier alpha value is -1.82. The Kier molecular flexibility index (Phi) is 3.18. The highest BCUT2D eigenvalue weighted by molar-refractivity contribution is 7.19. The van der Waals surface area contributed by atoms with Gasteiger partial charge in [-0.2, -0.15) is 0 Å². The van der Waals surface area contributed by atoms with E-state index < -0.39 is 0 Å². The number of thiophene rings is 1. The molecule has 0 bridgehead atoms. The first-order chi connectivity index (χ1) is 10.3. The SMILES string of the molecule is Clc1nc(-c2cccnc2)sc1-c1nccc2sccc12. The number of hydrogen-bond acceptors (Lipinski definition) is 5. The van der Waals surface area contributed by atoms with Gasteiger partial charge in [0.15, 0.2) is 0 Å².